The number of aliphatic hydroxyl groups is 2. The summed E-state index contributed by atoms with van der Waals surface area (Å²) in [5.74, 6) is -6.19. The van der Waals surface area contributed by atoms with Crippen LogP contribution < -0.4 is 10.2 Å². The Morgan fingerprint density at radius 1 is 0.946 bits per heavy atom. The summed E-state index contributed by atoms with van der Waals surface area (Å²) >= 11 is 0. The monoisotopic (exact) mass is 520 g/mol. The second kappa shape index (κ2) is 9.50. The van der Waals surface area contributed by atoms with Crippen molar-refractivity contribution in [3.63, 3.8) is 0 Å². The highest BCUT2D eigenvalue weighted by Gasteiger charge is 2.51. The Morgan fingerprint density at radius 2 is 1.65 bits per heavy atom. The Labute approximate surface area is 205 Å². The maximum Gasteiger partial charge on any atom is 0.335 e. The lowest BCUT2D eigenvalue weighted by Gasteiger charge is -2.40. The summed E-state index contributed by atoms with van der Waals surface area (Å²) in [5.41, 5.74) is -1.46. The number of phenols is 4. The van der Waals surface area contributed by atoms with Crippen LogP contribution in [0.2, 0.25) is 0 Å². The van der Waals surface area contributed by atoms with Gasteiger partial charge >= 0.3 is 11.9 Å². The first-order valence-corrected chi connectivity index (χ1v) is 10.5. The van der Waals surface area contributed by atoms with Crippen LogP contribution in [0.3, 0.4) is 0 Å². The number of aliphatic carboxylic acids is 1. The molecule has 1 fully saturated rings. The van der Waals surface area contributed by atoms with Gasteiger partial charge in [0.2, 0.25) is 17.5 Å². The van der Waals surface area contributed by atoms with Crippen molar-refractivity contribution in [3.8, 4) is 40.1 Å². The number of carboxylic acid groups (broad SMARTS) is 1. The number of hydrogen-bond donors (Lipinski definition) is 7. The Balaban J connectivity index is 1.90. The van der Waals surface area contributed by atoms with Gasteiger partial charge in [-0.05, 0) is 18.2 Å². The van der Waals surface area contributed by atoms with Crippen molar-refractivity contribution in [3.05, 3.63) is 40.6 Å². The summed E-state index contributed by atoms with van der Waals surface area (Å²) in [6, 6.07) is 5.09. The molecule has 0 radical (unpaired) electrons. The lowest BCUT2D eigenvalue weighted by atomic mass is 9.98. The molecule has 0 saturated carbocycles. The van der Waals surface area contributed by atoms with Gasteiger partial charge in [-0.25, -0.2) is 4.79 Å². The van der Waals surface area contributed by atoms with E-state index in [9.17, 15) is 50.1 Å². The quantitative estimate of drug-likeness (QED) is 0.175. The van der Waals surface area contributed by atoms with Crippen molar-refractivity contribution in [2.75, 3.05) is 0 Å². The highest BCUT2D eigenvalue weighted by Crippen LogP contribution is 2.39. The molecule has 0 spiro atoms. The topological polar surface area (TPSA) is 234 Å². The first kappa shape index (κ1) is 25.6. The summed E-state index contributed by atoms with van der Waals surface area (Å²) in [5, 5.41) is 69.5. The number of carbonyl (C=O) groups is 2. The number of carboxylic acids is 1. The van der Waals surface area contributed by atoms with E-state index in [0.717, 1.165) is 31.2 Å². The molecule has 37 heavy (non-hydrogen) atoms. The zero-order valence-corrected chi connectivity index (χ0v) is 18.8. The van der Waals surface area contributed by atoms with E-state index in [1.54, 1.807) is 0 Å². The fraction of sp³-hybridized carbons (Fsp3) is 0.261. The maximum atomic E-state index is 13.4. The van der Waals surface area contributed by atoms with Crippen LogP contribution in [0.15, 0.2) is 39.5 Å². The van der Waals surface area contributed by atoms with Gasteiger partial charge in [0.15, 0.2) is 35.6 Å². The molecule has 2 heterocycles. The highest BCUT2D eigenvalue weighted by atomic mass is 16.7. The number of fused-ring (bicyclic) bond motifs is 1. The van der Waals surface area contributed by atoms with Gasteiger partial charge in [0.1, 0.15) is 28.6 Å². The number of carbonyl (C=O) groups excluding carboxylic acids is 1. The van der Waals surface area contributed by atoms with Crippen molar-refractivity contribution in [2.24, 2.45) is 0 Å². The van der Waals surface area contributed by atoms with Crippen LogP contribution in [-0.4, -0.2) is 78.4 Å². The SMILES string of the molecule is CC(=O)O[C@H]1[C@H](O)[C@@H](Oc2c(-c3ccc(O)c(O)c3)oc3cc(O)cc(O)c3c2=O)O[C@@H](C(=O)O)[C@@H]1O. The average Bonchev–Trinajstić information content (AvgIpc) is 2.80. The average molecular weight is 520 g/mol. The third-order valence-electron chi connectivity index (χ3n) is 5.48. The zero-order valence-electron chi connectivity index (χ0n) is 18.8. The second-order valence-electron chi connectivity index (χ2n) is 8.07. The molecule has 2 aromatic carbocycles. The number of esters is 1. The highest BCUT2D eigenvalue weighted by molar-refractivity contribution is 5.88. The third kappa shape index (κ3) is 4.67. The van der Waals surface area contributed by atoms with Crippen LogP contribution >= 0.6 is 0 Å². The van der Waals surface area contributed by atoms with Crippen LogP contribution in [0.4, 0.5) is 0 Å². The first-order valence-electron chi connectivity index (χ1n) is 10.5. The van der Waals surface area contributed by atoms with E-state index in [2.05, 4.69) is 0 Å². The van der Waals surface area contributed by atoms with Crippen molar-refractivity contribution >= 4 is 22.9 Å². The molecule has 1 aromatic heterocycles. The van der Waals surface area contributed by atoms with Gasteiger partial charge in [0, 0.05) is 24.6 Å². The molecule has 1 saturated heterocycles. The summed E-state index contributed by atoms with van der Waals surface area (Å²) in [7, 11) is 0. The Kier molecular flexibility index (Phi) is 6.56. The van der Waals surface area contributed by atoms with Crippen LogP contribution in [0.5, 0.6) is 28.7 Å². The number of phenolic OH excluding ortho intramolecular Hbond substituents is 4. The van der Waals surface area contributed by atoms with E-state index in [0.29, 0.717) is 0 Å². The van der Waals surface area contributed by atoms with Gasteiger partial charge in [0.05, 0.1) is 0 Å². The van der Waals surface area contributed by atoms with Gasteiger partial charge in [0.25, 0.3) is 0 Å². The molecular weight excluding hydrogens is 500 g/mol. The fourth-order valence-electron chi connectivity index (χ4n) is 3.81. The second-order valence-corrected chi connectivity index (χ2v) is 8.07. The zero-order chi connectivity index (χ0) is 27.2. The molecule has 196 valence electrons. The lowest BCUT2D eigenvalue weighted by Crippen LogP contribution is -2.62. The van der Waals surface area contributed by atoms with Crippen LogP contribution in [0.1, 0.15) is 6.92 Å². The van der Waals surface area contributed by atoms with E-state index in [1.807, 2.05) is 0 Å². The van der Waals surface area contributed by atoms with Gasteiger partial charge in [-0.2, -0.15) is 0 Å². The van der Waals surface area contributed by atoms with Crippen LogP contribution in [0.25, 0.3) is 22.3 Å². The normalized spacial score (nSPS) is 23.5. The predicted octanol–water partition coefficient (Wildman–Crippen LogP) is 0.124. The number of benzene rings is 2. The molecular formula is C23H20O14. The molecule has 14 heteroatoms. The minimum Gasteiger partial charge on any atom is -0.508 e. The minimum absolute atomic E-state index is 0.0659. The summed E-state index contributed by atoms with van der Waals surface area (Å²) < 4.78 is 21.2. The number of aliphatic hydroxyl groups excluding tert-OH is 2. The maximum absolute atomic E-state index is 13.4. The van der Waals surface area contributed by atoms with E-state index in [4.69, 9.17) is 18.6 Å². The van der Waals surface area contributed by atoms with Gasteiger partial charge < -0.3 is 54.4 Å². The molecule has 0 aliphatic carbocycles. The van der Waals surface area contributed by atoms with E-state index in [-0.39, 0.29) is 11.1 Å². The summed E-state index contributed by atoms with van der Waals surface area (Å²) in [4.78, 5) is 36.5. The molecule has 4 rings (SSSR count). The fourth-order valence-corrected chi connectivity index (χ4v) is 3.81. The molecule has 14 nitrogen and oxygen atoms in total. The number of aromatic hydroxyl groups is 4. The largest absolute Gasteiger partial charge is 0.508 e. The molecule has 0 unspecified atom stereocenters. The van der Waals surface area contributed by atoms with E-state index in [1.165, 1.54) is 6.07 Å². The molecule has 7 N–H and O–H groups in total. The minimum atomic E-state index is -2.06. The van der Waals surface area contributed by atoms with Crippen molar-refractivity contribution in [1.29, 1.82) is 0 Å². The lowest BCUT2D eigenvalue weighted by molar-refractivity contribution is -0.275. The number of rotatable bonds is 5. The molecule has 1 aliphatic rings. The summed E-state index contributed by atoms with van der Waals surface area (Å²) in [6.45, 7) is 0.950. The number of hydrogen-bond acceptors (Lipinski definition) is 13. The predicted molar refractivity (Wildman–Crippen MR) is 119 cm³/mol. The molecule has 1 aliphatic heterocycles. The third-order valence-corrected chi connectivity index (χ3v) is 5.48. The Bertz CT molecular complexity index is 1440. The van der Waals surface area contributed by atoms with E-state index >= 15 is 0 Å². The molecule has 0 amide bonds. The van der Waals surface area contributed by atoms with E-state index < -0.39 is 88.0 Å². The summed E-state index contributed by atoms with van der Waals surface area (Å²) in [6.07, 6.45) is -9.95. The van der Waals surface area contributed by atoms with Crippen molar-refractivity contribution in [1.82, 2.24) is 0 Å². The Morgan fingerprint density at radius 3 is 2.27 bits per heavy atom. The van der Waals surface area contributed by atoms with Crippen LogP contribution in [0, 0.1) is 0 Å². The van der Waals surface area contributed by atoms with Crippen molar-refractivity contribution < 1.29 is 64.0 Å². The first-order chi connectivity index (χ1) is 17.4. The standard InChI is InChI=1S/C23H20O14/c1-7(24)34-19-16(30)21(22(32)33)37-23(17(19)31)36-20-15(29)14-12(28)5-9(25)6-13(14)35-18(20)8-2-3-10(26)11(27)4-8/h2-6,16-17,19,21,23,25-28,30-31H,1H3,(H,32,33)/t16-,17+,19-,21-,23+/m1/s1. The molecule has 0 bridgehead atoms. The Hall–Kier alpha value is -4.53. The van der Waals surface area contributed by atoms with Gasteiger partial charge in [-0.1, -0.05) is 0 Å². The van der Waals surface area contributed by atoms with Gasteiger partial charge in [-0.3, -0.25) is 9.59 Å². The molecule has 3 aromatic rings. The number of ether oxygens (including phenoxy) is 3. The van der Waals surface area contributed by atoms with Crippen LogP contribution in [-0.2, 0) is 19.1 Å². The smallest absolute Gasteiger partial charge is 0.335 e. The van der Waals surface area contributed by atoms with Gasteiger partial charge in [-0.15, -0.1) is 0 Å². The van der Waals surface area contributed by atoms with Crippen molar-refractivity contribution in [2.45, 2.75) is 37.6 Å². The molecule has 5 atom stereocenters.